The molecule has 0 spiro atoms. The molecule has 5 nitrogen and oxygen atoms in total. The zero-order chi connectivity index (χ0) is 13.5. The maximum absolute atomic E-state index is 11.8. The highest BCUT2D eigenvalue weighted by molar-refractivity contribution is 5.87. The lowest BCUT2D eigenvalue weighted by Gasteiger charge is -2.18. The molecule has 1 aromatic carbocycles. The smallest absolute Gasteiger partial charge is 0.330 e. The average Bonchev–Trinajstić information content (AvgIpc) is 2.38. The summed E-state index contributed by atoms with van der Waals surface area (Å²) in [4.78, 5) is 23.0. The number of hydrogen-bond acceptors (Lipinski definition) is 3. The zero-order valence-electron chi connectivity index (χ0n) is 10.4. The Morgan fingerprint density at radius 2 is 1.94 bits per heavy atom. The number of carbonyl (C=O) groups is 2. The van der Waals surface area contributed by atoms with Crippen molar-refractivity contribution in [2.75, 3.05) is 7.11 Å². The van der Waals surface area contributed by atoms with E-state index in [0.29, 0.717) is 12.0 Å². The van der Waals surface area contributed by atoms with Gasteiger partial charge in [-0.15, -0.1) is 0 Å². The van der Waals surface area contributed by atoms with Crippen LogP contribution in [0.1, 0.15) is 24.9 Å². The molecule has 1 unspecified atom stereocenters. The lowest BCUT2D eigenvalue weighted by molar-refractivity contribution is -0.144. The van der Waals surface area contributed by atoms with E-state index in [9.17, 15) is 9.59 Å². The minimum absolute atomic E-state index is 0.420. The molecule has 0 radical (unpaired) electrons. The van der Waals surface area contributed by atoms with Crippen LogP contribution in [0, 0.1) is 0 Å². The first kappa shape index (κ1) is 14.2. The fourth-order valence-electron chi connectivity index (χ4n) is 1.63. The van der Waals surface area contributed by atoms with Crippen molar-refractivity contribution in [3.8, 4) is 0 Å². The van der Waals surface area contributed by atoms with Gasteiger partial charge in [0.15, 0.2) is 6.04 Å². The summed E-state index contributed by atoms with van der Waals surface area (Å²) in [5.74, 6) is -1.52. The summed E-state index contributed by atoms with van der Waals surface area (Å²) in [7, 11) is 1.42. The number of hydrogen-bond donors (Lipinski definition) is 2. The second-order valence-electron chi connectivity index (χ2n) is 3.82. The average molecular weight is 251 g/mol. The number of ether oxygens (including phenoxy) is 1. The molecule has 0 heterocycles. The second kappa shape index (κ2) is 6.76. The quantitative estimate of drug-likeness (QED) is 0.800. The van der Waals surface area contributed by atoms with Crippen LogP contribution in [0.5, 0.6) is 0 Å². The van der Waals surface area contributed by atoms with Crippen molar-refractivity contribution < 1.29 is 19.4 Å². The normalized spacial score (nSPS) is 13.7. The molecule has 0 aliphatic carbocycles. The standard InChI is InChI=1S/C13H17NO4/c1-3-10(18-2)12(15)14-11(13(16)17)9-7-5-4-6-8-9/h4-8,10-11H,3H2,1-2H3,(H,14,15)(H,16,17)/t10?,11-/m0/s1. The summed E-state index contributed by atoms with van der Waals surface area (Å²) in [6.45, 7) is 1.80. The van der Waals surface area contributed by atoms with Crippen molar-refractivity contribution in [1.29, 1.82) is 0 Å². The zero-order valence-corrected chi connectivity index (χ0v) is 10.4. The lowest BCUT2D eigenvalue weighted by Crippen LogP contribution is -2.40. The van der Waals surface area contributed by atoms with E-state index in [-0.39, 0.29) is 0 Å². The van der Waals surface area contributed by atoms with Gasteiger partial charge in [0.1, 0.15) is 6.10 Å². The molecule has 0 aliphatic heterocycles. The molecule has 0 fully saturated rings. The van der Waals surface area contributed by atoms with Crippen molar-refractivity contribution in [3.63, 3.8) is 0 Å². The van der Waals surface area contributed by atoms with E-state index in [2.05, 4.69) is 5.32 Å². The van der Waals surface area contributed by atoms with Crippen molar-refractivity contribution in [2.45, 2.75) is 25.5 Å². The number of amides is 1. The van der Waals surface area contributed by atoms with Gasteiger partial charge in [-0.25, -0.2) is 4.79 Å². The predicted molar refractivity (Wildman–Crippen MR) is 66.0 cm³/mol. The lowest BCUT2D eigenvalue weighted by atomic mass is 10.1. The van der Waals surface area contributed by atoms with Gasteiger partial charge in [-0.3, -0.25) is 4.79 Å². The van der Waals surface area contributed by atoms with Crippen LogP contribution in [-0.4, -0.2) is 30.2 Å². The fourth-order valence-corrected chi connectivity index (χ4v) is 1.63. The van der Waals surface area contributed by atoms with E-state index in [4.69, 9.17) is 9.84 Å². The van der Waals surface area contributed by atoms with Crippen molar-refractivity contribution in [3.05, 3.63) is 35.9 Å². The number of methoxy groups -OCH3 is 1. The van der Waals surface area contributed by atoms with Crippen LogP contribution in [0.15, 0.2) is 30.3 Å². The van der Waals surface area contributed by atoms with Crippen LogP contribution in [0.25, 0.3) is 0 Å². The molecular weight excluding hydrogens is 234 g/mol. The summed E-state index contributed by atoms with van der Waals surface area (Å²) >= 11 is 0. The maximum atomic E-state index is 11.8. The van der Waals surface area contributed by atoms with Gasteiger partial charge in [-0.1, -0.05) is 37.3 Å². The maximum Gasteiger partial charge on any atom is 0.330 e. The summed E-state index contributed by atoms with van der Waals surface area (Å²) in [5.41, 5.74) is 0.532. The van der Waals surface area contributed by atoms with E-state index >= 15 is 0 Å². The van der Waals surface area contributed by atoms with E-state index in [1.165, 1.54) is 7.11 Å². The highest BCUT2D eigenvalue weighted by Crippen LogP contribution is 2.13. The van der Waals surface area contributed by atoms with E-state index in [1.807, 2.05) is 0 Å². The Morgan fingerprint density at radius 1 is 1.33 bits per heavy atom. The highest BCUT2D eigenvalue weighted by atomic mass is 16.5. The van der Waals surface area contributed by atoms with E-state index in [1.54, 1.807) is 37.3 Å². The first-order valence-electron chi connectivity index (χ1n) is 5.71. The first-order valence-corrected chi connectivity index (χ1v) is 5.71. The molecule has 0 saturated heterocycles. The number of carboxylic acids is 1. The van der Waals surface area contributed by atoms with Crippen LogP contribution in [0.2, 0.25) is 0 Å². The Morgan fingerprint density at radius 3 is 2.39 bits per heavy atom. The molecule has 5 heteroatoms. The molecule has 2 N–H and O–H groups in total. The van der Waals surface area contributed by atoms with Crippen LogP contribution in [0.3, 0.4) is 0 Å². The molecule has 0 aliphatic rings. The Bertz CT molecular complexity index is 401. The Hall–Kier alpha value is -1.88. The summed E-state index contributed by atoms with van der Waals surface area (Å²) < 4.78 is 4.97. The van der Waals surface area contributed by atoms with Gasteiger partial charge in [-0.2, -0.15) is 0 Å². The third kappa shape index (κ3) is 3.56. The molecule has 1 amide bonds. The molecule has 98 valence electrons. The van der Waals surface area contributed by atoms with Crippen molar-refractivity contribution >= 4 is 11.9 Å². The summed E-state index contributed by atoms with van der Waals surface area (Å²) in [5, 5.41) is 11.6. The molecule has 18 heavy (non-hydrogen) atoms. The Balaban J connectivity index is 2.82. The van der Waals surface area contributed by atoms with E-state index < -0.39 is 24.0 Å². The Labute approximate surface area is 106 Å². The molecule has 0 aromatic heterocycles. The molecule has 1 aromatic rings. The van der Waals surface area contributed by atoms with Gasteiger partial charge in [0.05, 0.1) is 0 Å². The highest BCUT2D eigenvalue weighted by Gasteiger charge is 2.25. The van der Waals surface area contributed by atoms with E-state index in [0.717, 1.165) is 0 Å². The number of carboxylic acid groups (broad SMARTS) is 1. The SMILES string of the molecule is CCC(OC)C(=O)N[C@H](C(=O)O)c1ccccc1. The van der Waals surface area contributed by atoms with Crippen molar-refractivity contribution in [1.82, 2.24) is 5.32 Å². The minimum atomic E-state index is -1.10. The predicted octanol–water partition coefficient (Wildman–Crippen LogP) is 1.35. The molecule has 0 bridgehead atoms. The topological polar surface area (TPSA) is 75.6 Å². The monoisotopic (exact) mass is 251 g/mol. The van der Waals surface area contributed by atoms with Gasteiger partial charge in [0, 0.05) is 7.11 Å². The summed E-state index contributed by atoms with van der Waals surface area (Å²) in [6.07, 6.45) is -0.140. The number of rotatable bonds is 6. The van der Waals surface area contributed by atoms with Gasteiger partial charge in [0.25, 0.3) is 0 Å². The Kier molecular flexibility index (Phi) is 5.32. The number of aliphatic carboxylic acids is 1. The largest absolute Gasteiger partial charge is 0.479 e. The van der Waals surface area contributed by atoms with Crippen molar-refractivity contribution in [2.24, 2.45) is 0 Å². The van der Waals surface area contributed by atoms with Gasteiger partial charge < -0.3 is 15.2 Å². The third-order valence-corrected chi connectivity index (χ3v) is 2.61. The molecule has 0 saturated carbocycles. The fraction of sp³-hybridized carbons (Fsp3) is 0.385. The number of carbonyl (C=O) groups excluding carboxylic acids is 1. The van der Waals surface area contributed by atoms with Crippen LogP contribution >= 0.6 is 0 Å². The number of benzene rings is 1. The third-order valence-electron chi connectivity index (χ3n) is 2.61. The number of nitrogens with one attached hydrogen (secondary N) is 1. The molecular formula is C13H17NO4. The summed E-state index contributed by atoms with van der Waals surface area (Å²) in [6, 6.07) is 7.51. The van der Waals surface area contributed by atoms with Crippen LogP contribution < -0.4 is 5.32 Å². The minimum Gasteiger partial charge on any atom is -0.479 e. The molecule has 1 rings (SSSR count). The second-order valence-corrected chi connectivity index (χ2v) is 3.82. The van der Waals surface area contributed by atoms with Crippen LogP contribution in [-0.2, 0) is 14.3 Å². The van der Waals surface area contributed by atoms with Gasteiger partial charge >= 0.3 is 5.97 Å². The van der Waals surface area contributed by atoms with Gasteiger partial charge in [-0.05, 0) is 12.0 Å². The first-order chi connectivity index (χ1) is 8.60. The van der Waals surface area contributed by atoms with Crippen LogP contribution in [0.4, 0.5) is 0 Å². The van der Waals surface area contributed by atoms with Gasteiger partial charge in [0.2, 0.25) is 5.91 Å². The molecule has 2 atom stereocenters.